The molecule has 3 radical (unpaired) electrons. The normalized spacial score (nSPS) is 14.1. The number of aliphatic hydroxyl groups is 1. The quantitative estimate of drug-likeness (QED) is 0.236. The molecule has 2 aliphatic carbocycles. The number of ether oxygens (including phenoxy) is 2. The van der Waals surface area contributed by atoms with Gasteiger partial charge < -0.3 is 16.0 Å². The predicted molar refractivity (Wildman–Crippen MR) is 174 cm³/mol. The van der Waals surface area contributed by atoms with Crippen molar-refractivity contribution in [2.45, 2.75) is 53.1 Å². The standard InChI is InChI=1S/C15H15BrN2O3.C15H13BrN2O3.CH4.B.Na.H/c2*1-2-21-15(20)13-11-6-7-12(19)14(11)18(17-13)10-5-3-4-9(16)8-10;;;;/h3-5,8,12,19H,2,6-7H2,1H3;3-5,8H,2,6-7H2,1H3;1H4;;;/q;;;;+1;-1. The van der Waals surface area contributed by atoms with Crippen molar-refractivity contribution >= 4 is 58.0 Å². The first-order valence-electron chi connectivity index (χ1n) is 13.5. The van der Waals surface area contributed by atoms with Gasteiger partial charge in [-0.25, -0.2) is 19.0 Å². The van der Waals surface area contributed by atoms with Gasteiger partial charge in [-0.2, -0.15) is 10.2 Å². The average molecular weight is 751 g/mol. The van der Waals surface area contributed by atoms with Crippen molar-refractivity contribution in [2.24, 2.45) is 0 Å². The number of hydrogen-bond donors (Lipinski definition) is 1. The van der Waals surface area contributed by atoms with Crippen LogP contribution in [0.25, 0.3) is 11.4 Å². The van der Waals surface area contributed by atoms with Gasteiger partial charge in [0.1, 0.15) is 5.69 Å². The average Bonchev–Trinajstić information content (AvgIpc) is 3.72. The summed E-state index contributed by atoms with van der Waals surface area (Å²) in [6.07, 6.45) is 1.59. The Hall–Kier alpha value is -2.55. The van der Waals surface area contributed by atoms with Gasteiger partial charge in [0.25, 0.3) is 0 Å². The van der Waals surface area contributed by atoms with Crippen molar-refractivity contribution in [3.8, 4) is 11.4 Å². The molecule has 1 unspecified atom stereocenters. The van der Waals surface area contributed by atoms with Crippen molar-refractivity contribution < 1.29 is 59.9 Å². The van der Waals surface area contributed by atoms with E-state index in [0.29, 0.717) is 54.9 Å². The van der Waals surface area contributed by atoms with Gasteiger partial charge in [0.15, 0.2) is 17.2 Å². The van der Waals surface area contributed by atoms with Gasteiger partial charge in [0.05, 0.1) is 36.4 Å². The first kappa shape index (κ1) is 38.6. The summed E-state index contributed by atoms with van der Waals surface area (Å²) < 4.78 is 15.1. The topological polar surface area (TPSA) is 126 Å². The number of esters is 2. The first-order valence-corrected chi connectivity index (χ1v) is 15.1. The van der Waals surface area contributed by atoms with E-state index in [1.807, 2.05) is 48.5 Å². The van der Waals surface area contributed by atoms with E-state index in [4.69, 9.17) is 9.47 Å². The van der Waals surface area contributed by atoms with E-state index in [0.717, 1.165) is 25.9 Å². The van der Waals surface area contributed by atoms with Crippen LogP contribution in [-0.2, 0) is 22.3 Å². The van der Waals surface area contributed by atoms with E-state index in [1.54, 1.807) is 23.2 Å². The third-order valence-corrected chi connectivity index (χ3v) is 7.89. The molecule has 4 aromatic rings. The minimum atomic E-state index is -0.602. The molecule has 45 heavy (non-hydrogen) atoms. The molecule has 0 aliphatic heterocycles. The molecule has 14 heteroatoms. The van der Waals surface area contributed by atoms with E-state index in [1.165, 1.54) is 0 Å². The molecule has 2 aliphatic rings. The molecule has 0 bridgehead atoms. The van der Waals surface area contributed by atoms with E-state index in [9.17, 15) is 19.5 Å². The molecule has 0 spiro atoms. The Kier molecular flexibility index (Phi) is 14.5. The van der Waals surface area contributed by atoms with E-state index in [2.05, 4.69) is 42.1 Å². The Balaban J connectivity index is 0.000000423. The van der Waals surface area contributed by atoms with Crippen LogP contribution in [0.4, 0.5) is 0 Å². The SMILES string of the molecule is C.CCOC(=O)c1nn(-c2cccc(Br)c2)c2c1CCC2=O.CCOC(=O)c1nn(-c2cccc(Br)c2)c2c1CCC2O.[B].[H-].[Na+]. The van der Waals surface area contributed by atoms with Crippen LogP contribution in [-0.4, -0.2) is 64.0 Å². The number of Topliss-reactive ketones (excluding diaryl/α,β-unsaturated/α-hetero) is 1. The Morgan fingerprint density at radius 1 is 0.889 bits per heavy atom. The molecule has 0 saturated heterocycles. The third-order valence-electron chi connectivity index (χ3n) is 6.90. The van der Waals surface area contributed by atoms with Crippen LogP contribution in [0.3, 0.4) is 0 Å². The molecule has 2 heterocycles. The van der Waals surface area contributed by atoms with Crippen molar-refractivity contribution in [3.63, 3.8) is 0 Å². The fourth-order valence-corrected chi connectivity index (χ4v) is 5.90. The largest absolute Gasteiger partial charge is 1.00 e. The molecule has 0 fully saturated rings. The number of benzene rings is 2. The fourth-order valence-electron chi connectivity index (χ4n) is 5.13. The Labute approximate surface area is 304 Å². The number of ketones is 1. The Bertz CT molecular complexity index is 1700. The molecule has 2 aromatic heterocycles. The molecule has 0 saturated carbocycles. The van der Waals surface area contributed by atoms with Crippen molar-refractivity contribution in [2.75, 3.05) is 13.2 Å². The fraction of sp³-hybridized carbons (Fsp3) is 0.323. The van der Waals surface area contributed by atoms with Crippen molar-refractivity contribution in [3.05, 3.63) is 91.4 Å². The van der Waals surface area contributed by atoms with Gasteiger partial charge in [-0.3, -0.25) is 4.79 Å². The Morgan fingerprint density at radius 3 is 1.93 bits per heavy atom. The molecule has 1 N–H and O–H groups in total. The van der Waals surface area contributed by atoms with Crippen LogP contribution in [0.15, 0.2) is 57.5 Å². The van der Waals surface area contributed by atoms with Gasteiger partial charge in [-0.1, -0.05) is 51.4 Å². The number of aromatic nitrogens is 4. The number of nitrogens with zero attached hydrogens (tertiary/aromatic N) is 4. The molecule has 10 nitrogen and oxygen atoms in total. The summed E-state index contributed by atoms with van der Waals surface area (Å²) in [6.45, 7) is 4.10. The second kappa shape index (κ2) is 16.8. The number of halogens is 2. The van der Waals surface area contributed by atoms with Gasteiger partial charge in [-0.15, -0.1) is 0 Å². The summed E-state index contributed by atoms with van der Waals surface area (Å²) in [7, 11) is 0. The van der Waals surface area contributed by atoms with E-state index < -0.39 is 18.0 Å². The van der Waals surface area contributed by atoms with Crippen LogP contribution in [0.5, 0.6) is 0 Å². The van der Waals surface area contributed by atoms with Crippen LogP contribution >= 0.6 is 31.9 Å². The third kappa shape index (κ3) is 8.06. The summed E-state index contributed by atoms with van der Waals surface area (Å²) in [5.41, 5.74) is 4.77. The zero-order chi connectivity index (χ0) is 30.0. The minimum absolute atomic E-state index is 0. The molecule has 2 aromatic carbocycles. The number of aliphatic hydroxyl groups excluding tert-OH is 1. The maximum atomic E-state index is 12.1. The predicted octanol–water partition coefficient (Wildman–Crippen LogP) is 3.10. The second-order valence-corrected chi connectivity index (χ2v) is 11.4. The first-order chi connectivity index (χ1) is 20.2. The van der Waals surface area contributed by atoms with Crippen LogP contribution in [0, 0.1) is 0 Å². The van der Waals surface area contributed by atoms with Crippen molar-refractivity contribution in [1.82, 2.24) is 19.6 Å². The maximum Gasteiger partial charge on any atom is 1.00 e. The minimum Gasteiger partial charge on any atom is -1.00 e. The van der Waals surface area contributed by atoms with E-state index in [-0.39, 0.29) is 64.9 Å². The molecule has 0 amide bonds. The number of fused-ring (bicyclic) bond motifs is 2. The summed E-state index contributed by atoms with van der Waals surface area (Å²) >= 11 is 6.82. The maximum absolute atomic E-state index is 12.1. The zero-order valence-electron chi connectivity index (χ0n) is 25.5. The van der Waals surface area contributed by atoms with Gasteiger partial charge >= 0.3 is 41.5 Å². The molecule has 6 rings (SSSR count). The molecule has 1 atom stereocenters. The van der Waals surface area contributed by atoms with Gasteiger partial charge in [0.2, 0.25) is 0 Å². The second-order valence-electron chi connectivity index (χ2n) is 9.59. The zero-order valence-corrected chi connectivity index (χ0v) is 29.7. The smallest absolute Gasteiger partial charge is 1.00 e. The summed E-state index contributed by atoms with van der Waals surface area (Å²) in [5, 5.41) is 18.9. The van der Waals surface area contributed by atoms with Crippen LogP contribution in [0.1, 0.15) is 89.9 Å². The van der Waals surface area contributed by atoms with Gasteiger partial charge in [0, 0.05) is 34.9 Å². The summed E-state index contributed by atoms with van der Waals surface area (Å²) in [6, 6.07) is 15.0. The number of hydrogen-bond acceptors (Lipinski definition) is 8. The number of rotatable bonds is 6. The van der Waals surface area contributed by atoms with Gasteiger partial charge in [-0.05, 0) is 69.5 Å². The van der Waals surface area contributed by atoms with Crippen LogP contribution in [0.2, 0.25) is 0 Å². The summed E-state index contributed by atoms with van der Waals surface area (Å²) in [4.78, 5) is 36.2. The van der Waals surface area contributed by atoms with Crippen molar-refractivity contribution in [1.29, 1.82) is 0 Å². The van der Waals surface area contributed by atoms with Crippen LogP contribution < -0.4 is 29.6 Å². The number of carbonyl (C=O) groups is 3. The number of carbonyl (C=O) groups excluding carboxylic acids is 3. The molecular formula is C31H33BBr2N4NaO6. The Morgan fingerprint density at radius 2 is 1.40 bits per heavy atom. The molecular weight excluding hydrogens is 718 g/mol. The summed E-state index contributed by atoms with van der Waals surface area (Å²) in [5.74, 6) is -0.901. The molecule has 231 valence electrons. The monoisotopic (exact) mass is 749 g/mol. The van der Waals surface area contributed by atoms with E-state index >= 15 is 0 Å².